The molecule has 7 heteroatoms. The van der Waals surface area contributed by atoms with Crippen LogP contribution in [0.2, 0.25) is 0 Å². The van der Waals surface area contributed by atoms with Crippen molar-refractivity contribution in [2.24, 2.45) is 4.99 Å². The van der Waals surface area contributed by atoms with E-state index in [1.165, 1.54) is 0 Å². The molecule has 2 N–H and O–H groups in total. The SMILES string of the molecule is CN=C(NCc1cc(OC)c(OC)c(OC)c1)NC1CC=CC1.I. The van der Waals surface area contributed by atoms with Gasteiger partial charge in [0.2, 0.25) is 5.75 Å². The summed E-state index contributed by atoms with van der Waals surface area (Å²) in [6.45, 7) is 0.608. The van der Waals surface area contributed by atoms with Crippen LogP contribution in [0.15, 0.2) is 29.3 Å². The second-order valence-corrected chi connectivity index (χ2v) is 5.24. The molecule has 24 heavy (non-hydrogen) atoms. The van der Waals surface area contributed by atoms with E-state index in [0.29, 0.717) is 29.8 Å². The minimum atomic E-state index is 0. The minimum absolute atomic E-state index is 0. The average Bonchev–Trinajstić information content (AvgIpc) is 3.10. The molecule has 1 aromatic carbocycles. The predicted octanol–water partition coefficient (Wildman–Crippen LogP) is 2.71. The molecule has 0 aromatic heterocycles. The number of ether oxygens (including phenoxy) is 3. The maximum absolute atomic E-state index is 5.37. The highest BCUT2D eigenvalue weighted by atomic mass is 127. The molecule has 0 saturated heterocycles. The van der Waals surface area contributed by atoms with E-state index in [-0.39, 0.29) is 24.0 Å². The maximum Gasteiger partial charge on any atom is 0.203 e. The van der Waals surface area contributed by atoms with Gasteiger partial charge >= 0.3 is 0 Å². The van der Waals surface area contributed by atoms with Gasteiger partial charge in [0, 0.05) is 19.6 Å². The summed E-state index contributed by atoms with van der Waals surface area (Å²) in [6.07, 6.45) is 6.43. The number of hydrogen-bond acceptors (Lipinski definition) is 4. The van der Waals surface area contributed by atoms with Crippen molar-refractivity contribution in [2.75, 3.05) is 28.4 Å². The summed E-state index contributed by atoms with van der Waals surface area (Å²) in [4.78, 5) is 4.26. The normalized spacial score (nSPS) is 14.1. The van der Waals surface area contributed by atoms with Crippen molar-refractivity contribution in [1.29, 1.82) is 0 Å². The fourth-order valence-electron chi connectivity index (χ4n) is 2.55. The number of benzene rings is 1. The van der Waals surface area contributed by atoms with Crippen LogP contribution in [-0.4, -0.2) is 40.4 Å². The van der Waals surface area contributed by atoms with Crippen molar-refractivity contribution in [2.45, 2.75) is 25.4 Å². The average molecular weight is 447 g/mol. The Labute approximate surface area is 160 Å². The molecule has 6 nitrogen and oxygen atoms in total. The molecule has 134 valence electrons. The summed E-state index contributed by atoms with van der Waals surface area (Å²) in [7, 11) is 6.59. The molecule has 0 fully saturated rings. The van der Waals surface area contributed by atoms with Crippen molar-refractivity contribution in [1.82, 2.24) is 10.6 Å². The lowest BCUT2D eigenvalue weighted by Crippen LogP contribution is -2.42. The number of guanidine groups is 1. The van der Waals surface area contributed by atoms with Crippen molar-refractivity contribution in [3.8, 4) is 17.2 Å². The monoisotopic (exact) mass is 447 g/mol. The summed E-state index contributed by atoms with van der Waals surface area (Å²) in [5, 5.41) is 6.72. The Kier molecular flexibility index (Phi) is 8.73. The lowest BCUT2D eigenvalue weighted by atomic mass is 10.1. The summed E-state index contributed by atoms with van der Waals surface area (Å²) < 4.78 is 16.1. The van der Waals surface area contributed by atoms with E-state index in [1.54, 1.807) is 28.4 Å². The number of methoxy groups -OCH3 is 3. The third-order valence-corrected chi connectivity index (χ3v) is 3.76. The summed E-state index contributed by atoms with van der Waals surface area (Å²) in [5.74, 6) is 2.67. The Morgan fingerprint density at radius 1 is 1.08 bits per heavy atom. The molecule has 0 spiro atoms. The molecule has 1 aliphatic carbocycles. The van der Waals surface area contributed by atoms with Gasteiger partial charge < -0.3 is 24.8 Å². The largest absolute Gasteiger partial charge is 0.493 e. The molecular weight excluding hydrogens is 421 g/mol. The number of aliphatic imine (C=N–C) groups is 1. The Morgan fingerprint density at radius 2 is 1.67 bits per heavy atom. The van der Waals surface area contributed by atoms with Crippen LogP contribution in [0.3, 0.4) is 0 Å². The Bertz CT molecular complexity index is 557. The fraction of sp³-hybridized carbons (Fsp3) is 0.471. The van der Waals surface area contributed by atoms with Gasteiger partial charge in [0.1, 0.15) is 0 Å². The Balaban J connectivity index is 0.00000288. The molecule has 1 aromatic rings. The van der Waals surface area contributed by atoms with Gasteiger partial charge in [-0.05, 0) is 30.5 Å². The molecule has 0 bridgehead atoms. The molecule has 0 radical (unpaired) electrons. The predicted molar refractivity (Wildman–Crippen MR) is 107 cm³/mol. The zero-order chi connectivity index (χ0) is 16.7. The van der Waals surface area contributed by atoms with Gasteiger partial charge in [0.25, 0.3) is 0 Å². The van der Waals surface area contributed by atoms with Gasteiger partial charge in [-0.15, -0.1) is 24.0 Å². The van der Waals surface area contributed by atoms with Gasteiger partial charge in [-0.2, -0.15) is 0 Å². The Hall–Kier alpha value is -1.64. The highest BCUT2D eigenvalue weighted by molar-refractivity contribution is 14.0. The van der Waals surface area contributed by atoms with E-state index in [1.807, 2.05) is 12.1 Å². The molecular formula is C17H26IN3O3. The van der Waals surface area contributed by atoms with Crippen LogP contribution in [0.5, 0.6) is 17.2 Å². The smallest absolute Gasteiger partial charge is 0.203 e. The second-order valence-electron chi connectivity index (χ2n) is 5.24. The first-order chi connectivity index (χ1) is 11.2. The molecule has 1 aliphatic rings. The van der Waals surface area contributed by atoms with E-state index in [2.05, 4.69) is 27.8 Å². The minimum Gasteiger partial charge on any atom is -0.493 e. The summed E-state index contributed by atoms with van der Waals surface area (Å²) in [5.41, 5.74) is 1.02. The lowest BCUT2D eigenvalue weighted by Gasteiger charge is -2.18. The van der Waals surface area contributed by atoms with E-state index in [9.17, 15) is 0 Å². The lowest BCUT2D eigenvalue weighted by molar-refractivity contribution is 0.323. The van der Waals surface area contributed by atoms with Crippen LogP contribution in [0.4, 0.5) is 0 Å². The first-order valence-corrected chi connectivity index (χ1v) is 7.62. The molecule has 0 atom stereocenters. The van der Waals surface area contributed by atoms with Crippen LogP contribution in [0, 0.1) is 0 Å². The maximum atomic E-state index is 5.37. The van der Waals surface area contributed by atoms with Gasteiger partial charge in [-0.1, -0.05) is 12.2 Å². The summed E-state index contributed by atoms with van der Waals surface area (Å²) >= 11 is 0. The quantitative estimate of drug-likeness (QED) is 0.304. The highest BCUT2D eigenvalue weighted by Gasteiger charge is 2.14. The highest BCUT2D eigenvalue weighted by Crippen LogP contribution is 2.38. The standard InChI is InChI=1S/C17H25N3O3.HI/c1-18-17(20-13-7-5-6-8-13)19-11-12-9-14(21-2)16(23-4)15(10-12)22-3;/h5-6,9-10,13H,7-8,11H2,1-4H3,(H2,18,19,20);1H. The van der Waals surface area contributed by atoms with Crippen LogP contribution in [0.25, 0.3) is 0 Å². The van der Waals surface area contributed by atoms with E-state index in [0.717, 1.165) is 24.4 Å². The number of nitrogens with zero attached hydrogens (tertiary/aromatic N) is 1. The first kappa shape index (κ1) is 20.4. The molecule has 0 heterocycles. The van der Waals surface area contributed by atoms with Gasteiger partial charge in [-0.25, -0.2) is 0 Å². The molecule has 2 rings (SSSR count). The van der Waals surface area contributed by atoms with Crippen LogP contribution >= 0.6 is 24.0 Å². The zero-order valence-corrected chi connectivity index (χ0v) is 16.9. The van der Waals surface area contributed by atoms with E-state index >= 15 is 0 Å². The van der Waals surface area contributed by atoms with Gasteiger partial charge in [0.05, 0.1) is 21.3 Å². The number of hydrogen-bond donors (Lipinski definition) is 2. The number of rotatable bonds is 6. The van der Waals surface area contributed by atoms with Crippen molar-refractivity contribution < 1.29 is 14.2 Å². The number of halogens is 1. The van der Waals surface area contributed by atoms with E-state index in [4.69, 9.17) is 14.2 Å². The van der Waals surface area contributed by atoms with Crippen LogP contribution in [-0.2, 0) is 6.54 Å². The third-order valence-electron chi connectivity index (χ3n) is 3.76. The molecule has 0 amide bonds. The van der Waals surface area contributed by atoms with Crippen molar-refractivity contribution >= 4 is 29.9 Å². The first-order valence-electron chi connectivity index (χ1n) is 7.62. The van der Waals surface area contributed by atoms with Gasteiger partial charge in [-0.3, -0.25) is 4.99 Å². The van der Waals surface area contributed by atoms with Crippen LogP contribution in [0.1, 0.15) is 18.4 Å². The molecule has 0 saturated carbocycles. The van der Waals surface area contributed by atoms with E-state index < -0.39 is 0 Å². The second kappa shape index (κ2) is 10.3. The van der Waals surface area contributed by atoms with Crippen molar-refractivity contribution in [3.63, 3.8) is 0 Å². The fourth-order valence-corrected chi connectivity index (χ4v) is 2.55. The third kappa shape index (κ3) is 5.19. The number of nitrogens with one attached hydrogen (secondary N) is 2. The van der Waals surface area contributed by atoms with Gasteiger partial charge in [0.15, 0.2) is 17.5 Å². The topological polar surface area (TPSA) is 64.1 Å². The van der Waals surface area contributed by atoms with Crippen LogP contribution < -0.4 is 24.8 Å². The Morgan fingerprint density at radius 3 is 2.12 bits per heavy atom. The molecule has 0 unspecified atom stereocenters. The molecule has 0 aliphatic heterocycles. The zero-order valence-electron chi connectivity index (χ0n) is 14.6. The summed E-state index contributed by atoms with van der Waals surface area (Å²) in [6, 6.07) is 4.28. The van der Waals surface area contributed by atoms with Crippen molar-refractivity contribution in [3.05, 3.63) is 29.8 Å².